The molecule has 1 amide bonds. The first-order valence-electron chi connectivity index (χ1n) is 10.6. The number of carbonyl (C=O) groups excluding carboxylic acids is 2. The molecule has 2 aromatic carbocycles. The van der Waals surface area contributed by atoms with Crippen molar-refractivity contribution >= 4 is 40.5 Å². The van der Waals surface area contributed by atoms with Crippen LogP contribution < -0.4 is 4.90 Å². The van der Waals surface area contributed by atoms with Gasteiger partial charge in [-0.15, -0.1) is 0 Å². The number of imidazole rings is 1. The van der Waals surface area contributed by atoms with Crippen LogP contribution in [0.25, 0.3) is 11.0 Å². The van der Waals surface area contributed by atoms with E-state index in [1.807, 2.05) is 41.0 Å². The fourth-order valence-corrected chi connectivity index (χ4v) is 4.23. The predicted molar refractivity (Wildman–Crippen MR) is 121 cm³/mol. The first-order chi connectivity index (χ1) is 14.9. The van der Waals surface area contributed by atoms with E-state index >= 15 is 0 Å². The standard InChI is InChI=1S/C24H26ClN3O3/c1-4-31-23(30)20-21(16-9-11-17(25)12-10-16)28-19-8-6-5-7-18(19)26-24(28)27(22(20)29)14-13-15(2)3/h5-12,15,20-21H,4,13-14H2,1-3H3/t20-,21-/m1/s1. The molecular weight excluding hydrogens is 414 g/mol. The van der Waals surface area contributed by atoms with Crippen LogP contribution in [0.3, 0.4) is 0 Å². The molecule has 0 spiro atoms. The second kappa shape index (κ2) is 8.71. The Hall–Kier alpha value is -2.86. The number of aromatic nitrogens is 2. The lowest BCUT2D eigenvalue weighted by Crippen LogP contribution is -2.50. The molecule has 0 fully saturated rings. The highest BCUT2D eigenvalue weighted by molar-refractivity contribution is 6.30. The van der Waals surface area contributed by atoms with Crippen LogP contribution >= 0.6 is 11.6 Å². The molecule has 0 aliphatic carbocycles. The highest BCUT2D eigenvalue weighted by atomic mass is 35.5. The molecule has 1 aromatic heterocycles. The van der Waals surface area contributed by atoms with Gasteiger partial charge in [-0.3, -0.25) is 14.5 Å². The number of fused-ring (bicyclic) bond motifs is 3. The first kappa shape index (κ1) is 21.4. The first-order valence-corrected chi connectivity index (χ1v) is 11.0. The van der Waals surface area contributed by atoms with E-state index in [1.54, 1.807) is 24.0 Å². The van der Waals surface area contributed by atoms with Gasteiger partial charge in [-0.05, 0) is 49.1 Å². The van der Waals surface area contributed by atoms with Crippen molar-refractivity contribution in [2.24, 2.45) is 11.8 Å². The van der Waals surface area contributed by atoms with E-state index in [0.717, 1.165) is 23.0 Å². The van der Waals surface area contributed by atoms with Crippen LogP contribution in [0.15, 0.2) is 48.5 Å². The third-order valence-corrected chi connectivity index (χ3v) is 5.88. The Morgan fingerprint density at radius 2 is 1.87 bits per heavy atom. The van der Waals surface area contributed by atoms with Crippen molar-refractivity contribution in [3.05, 3.63) is 59.1 Å². The van der Waals surface area contributed by atoms with Crippen molar-refractivity contribution in [3.63, 3.8) is 0 Å². The van der Waals surface area contributed by atoms with Crippen LogP contribution in [0.2, 0.25) is 5.02 Å². The largest absolute Gasteiger partial charge is 0.465 e. The van der Waals surface area contributed by atoms with Gasteiger partial charge in [0, 0.05) is 11.6 Å². The zero-order chi connectivity index (χ0) is 22.1. The number of rotatable bonds is 6. The molecule has 4 rings (SSSR count). The van der Waals surface area contributed by atoms with Crippen molar-refractivity contribution in [2.45, 2.75) is 33.2 Å². The third kappa shape index (κ3) is 3.92. The Bertz CT molecular complexity index is 1110. The second-order valence-corrected chi connectivity index (χ2v) is 8.61. The Balaban J connectivity index is 1.95. The lowest BCUT2D eigenvalue weighted by atomic mass is 9.89. The quantitative estimate of drug-likeness (QED) is 0.406. The van der Waals surface area contributed by atoms with E-state index in [1.165, 1.54) is 0 Å². The number of halogens is 1. The molecule has 1 aliphatic rings. The normalized spacial score (nSPS) is 18.5. The lowest BCUT2D eigenvalue weighted by molar-refractivity contribution is -0.153. The van der Waals surface area contributed by atoms with Crippen molar-refractivity contribution in [1.82, 2.24) is 9.55 Å². The summed E-state index contributed by atoms with van der Waals surface area (Å²) in [5.74, 6) is -0.835. The minimum atomic E-state index is -1.00. The molecule has 6 nitrogen and oxygen atoms in total. The summed E-state index contributed by atoms with van der Waals surface area (Å²) in [6.45, 7) is 6.66. The summed E-state index contributed by atoms with van der Waals surface area (Å²) in [6.07, 6.45) is 0.802. The summed E-state index contributed by atoms with van der Waals surface area (Å²) in [5.41, 5.74) is 2.46. The molecule has 2 atom stereocenters. The fourth-order valence-electron chi connectivity index (χ4n) is 4.11. The molecule has 162 valence electrons. The smallest absolute Gasteiger partial charge is 0.321 e. The molecular formula is C24H26ClN3O3. The summed E-state index contributed by atoms with van der Waals surface area (Å²) in [6, 6.07) is 14.4. The minimum Gasteiger partial charge on any atom is -0.465 e. The maximum absolute atomic E-state index is 13.7. The molecule has 0 saturated carbocycles. The number of esters is 1. The molecule has 31 heavy (non-hydrogen) atoms. The molecule has 0 N–H and O–H groups in total. The van der Waals surface area contributed by atoms with E-state index in [2.05, 4.69) is 13.8 Å². The predicted octanol–water partition coefficient (Wildman–Crippen LogP) is 4.85. The van der Waals surface area contributed by atoms with Crippen molar-refractivity contribution < 1.29 is 14.3 Å². The highest BCUT2D eigenvalue weighted by Crippen LogP contribution is 2.41. The zero-order valence-electron chi connectivity index (χ0n) is 17.9. The van der Waals surface area contributed by atoms with E-state index < -0.39 is 17.9 Å². The maximum Gasteiger partial charge on any atom is 0.321 e. The average molecular weight is 440 g/mol. The van der Waals surface area contributed by atoms with Crippen LogP contribution in [-0.2, 0) is 14.3 Å². The lowest BCUT2D eigenvalue weighted by Gasteiger charge is -2.38. The van der Waals surface area contributed by atoms with Gasteiger partial charge >= 0.3 is 5.97 Å². The molecule has 7 heteroatoms. The van der Waals surface area contributed by atoms with Gasteiger partial charge in [0.25, 0.3) is 0 Å². The van der Waals surface area contributed by atoms with Crippen LogP contribution in [0, 0.1) is 11.8 Å². The topological polar surface area (TPSA) is 64.4 Å². The Morgan fingerprint density at radius 3 is 2.55 bits per heavy atom. The fraction of sp³-hybridized carbons (Fsp3) is 0.375. The van der Waals surface area contributed by atoms with Gasteiger partial charge < -0.3 is 9.30 Å². The van der Waals surface area contributed by atoms with E-state index in [9.17, 15) is 9.59 Å². The monoisotopic (exact) mass is 439 g/mol. The van der Waals surface area contributed by atoms with Crippen LogP contribution in [-0.4, -0.2) is 34.6 Å². The van der Waals surface area contributed by atoms with E-state index in [-0.39, 0.29) is 12.5 Å². The van der Waals surface area contributed by atoms with E-state index in [0.29, 0.717) is 23.4 Å². The number of benzene rings is 2. The summed E-state index contributed by atoms with van der Waals surface area (Å²) in [4.78, 5) is 33.2. The van der Waals surface area contributed by atoms with Crippen molar-refractivity contribution in [3.8, 4) is 0 Å². The molecule has 1 aliphatic heterocycles. The number of nitrogens with zero attached hydrogens (tertiary/aromatic N) is 3. The Morgan fingerprint density at radius 1 is 1.16 bits per heavy atom. The van der Waals surface area contributed by atoms with Gasteiger partial charge in [0.2, 0.25) is 11.9 Å². The molecule has 0 saturated heterocycles. The highest BCUT2D eigenvalue weighted by Gasteiger charge is 2.47. The number of hydrogen-bond acceptors (Lipinski definition) is 4. The molecule has 0 unspecified atom stereocenters. The SMILES string of the molecule is CCOC(=O)[C@H]1C(=O)N(CCC(C)C)c2nc3ccccc3n2[C@@H]1c1ccc(Cl)cc1. The number of carbonyl (C=O) groups is 2. The number of ether oxygens (including phenoxy) is 1. The van der Waals surface area contributed by atoms with Crippen LogP contribution in [0.5, 0.6) is 0 Å². The Labute approximate surface area is 186 Å². The Kier molecular flexibility index (Phi) is 6.01. The van der Waals surface area contributed by atoms with Crippen LogP contribution in [0.4, 0.5) is 5.95 Å². The molecule has 3 aromatic rings. The maximum atomic E-state index is 13.7. The summed E-state index contributed by atoms with van der Waals surface area (Å²) >= 11 is 6.11. The zero-order valence-corrected chi connectivity index (χ0v) is 18.7. The number of para-hydroxylation sites is 2. The van der Waals surface area contributed by atoms with Crippen molar-refractivity contribution in [2.75, 3.05) is 18.1 Å². The van der Waals surface area contributed by atoms with Gasteiger partial charge in [0.15, 0.2) is 5.92 Å². The molecule has 2 heterocycles. The number of anilines is 1. The van der Waals surface area contributed by atoms with E-state index in [4.69, 9.17) is 21.3 Å². The summed E-state index contributed by atoms with van der Waals surface area (Å²) in [7, 11) is 0. The summed E-state index contributed by atoms with van der Waals surface area (Å²) in [5, 5.41) is 0.591. The molecule has 0 bridgehead atoms. The van der Waals surface area contributed by atoms with Gasteiger partial charge in [-0.1, -0.05) is 49.7 Å². The second-order valence-electron chi connectivity index (χ2n) is 8.17. The summed E-state index contributed by atoms with van der Waals surface area (Å²) < 4.78 is 7.36. The molecule has 0 radical (unpaired) electrons. The van der Waals surface area contributed by atoms with Gasteiger partial charge in [0.1, 0.15) is 0 Å². The number of hydrogen-bond donors (Lipinski definition) is 0. The minimum absolute atomic E-state index is 0.208. The van der Waals surface area contributed by atoms with Gasteiger partial charge in [-0.2, -0.15) is 0 Å². The number of amides is 1. The van der Waals surface area contributed by atoms with Crippen LogP contribution in [0.1, 0.15) is 38.8 Å². The van der Waals surface area contributed by atoms with Gasteiger partial charge in [0.05, 0.1) is 23.7 Å². The van der Waals surface area contributed by atoms with Gasteiger partial charge in [-0.25, -0.2) is 4.98 Å². The third-order valence-electron chi connectivity index (χ3n) is 5.63. The van der Waals surface area contributed by atoms with Crippen molar-refractivity contribution in [1.29, 1.82) is 0 Å². The average Bonchev–Trinajstić information content (AvgIpc) is 3.12.